The molecule has 0 aromatic carbocycles. The van der Waals surface area contributed by atoms with E-state index in [4.69, 9.17) is 4.74 Å². The third-order valence-corrected chi connectivity index (χ3v) is 2.58. The van der Waals surface area contributed by atoms with E-state index in [0.717, 1.165) is 25.3 Å². The second kappa shape index (κ2) is 5.80. The van der Waals surface area contributed by atoms with Crippen molar-refractivity contribution < 1.29 is 4.74 Å². The van der Waals surface area contributed by atoms with Gasteiger partial charge in [0.05, 0.1) is 12.7 Å². The molecule has 0 unspecified atom stereocenters. The monoisotopic (exact) mass is 233 g/mol. The smallest absolute Gasteiger partial charge is 0.137 e. The van der Waals surface area contributed by atoms with Crippen LogP contribution in [-0.4, -0.2) is 29.2 Å². The van der Waals surface area contributed by atoms with Crippen LogP contribution in [-0.2, 0) is 11.3 Å². The normalized spacial score (nSPS) is 11.5. The molecule has 0 radical (unpaired) electrons. The largest absolute Gasteiger partial charge is 0.377 e. The summed E-state index contributed by atoms with van der Waals surface area (Å²) in [7, 11) is 0. The van der Waals surface area contributed by atoms with Crippen LogP contribution in [0.3, 0.4) is 0 Å². The minimum absolute atomic E-state index is 0.300. The molecule has 0 saturated carbocycles. The van der Waals surface area contributed by atoms with Crippen LogP contribution in [0, 0.1) is 0 Å². The second-order valence-electron chi connectivity index (χ2n) is 4.31. The zero-order chi connectivity index (χ0) is 12.1. The number of hydrogen-bond donors (Lipinski definition) is 2. The Morgan fingerprint density at radius 3 is 3.18 bits per heavy atom. The van der Waals surface area contributed by atoms with E-state index in [9.17, 15) is 0 Å². The number of nitrogens with zero attached hydrogens (tertiary/aromatic N) is 1. The van der Waals surface area contributed by atoms with Gasteiger partial charge in [0.25, 0.3) is 0 Å². The fourth-order valence-corrected chi connectivity index (χ4v) is 1.75. The Kier molecular flexibility index (Phi) is 4.12. The number of fused-ring (bicyclic) bond motifs is 1. The highest BCUT2D eigenvalue weighted by Crippen LogP contribution is 2.14. The summed E-state index contributed by atoms with van der Waals surface area (Å²) in [4.78, 5) is 7.43. The fraction of sp³-hybridized carbons (Fsp3) is 0.462. The first-order valence-electron chi connectivity index (χ1n) is 6.00. The van der Waals surface area contributed by atoms with Gasteiger partial charge in [-0.2, -0.15) is 0 Å². The predicted molar refractivity (Wildman–Crippen MR) is 68.9 cm³/mol. The van der Waals surface area contributed by atoms with Gasteiger partial charge in [-0.3, -0.25) is 0 Å². The lowest BCUT2D eigenvalue weighted by atomic mass is 10.2. The molecular formula is C13H19N3O. The lowest BCUT2D eigenvalue weighted by molar-refractivity contribution is 0.0807. The van der Waals surface area contributed by atoms with E-state index in [1.807, 2.05) is 26.1 Å². The lowest BCUT2D eigenvalue weighted by Gasteiger charge is -2.08. The van der Waals surface area contributed by atoms with Crippen molar-refractivity contribution in [2.24, 2.45) is 0 Å². The first kappa shape index (κ1) is 12.1. The summed E-state index contributed by atoms with van der Waals surface area (Å²) in [6, 6.07) is 4.04. The van der Waals surface area contributed by atoms with E-state index < -0.39 is 0 Å². The average molecular weight is 233 g/mol. The highest BCUT2D eigenvalue weighted by molar-refractivity contribution is 5.79. The molecule has 2 N–H and O–H groups in total. The standard InChI is InChI=1S/C13H19N3O/c1-10(2)17-7-6-14-8-11-9-16-13-12(11)4-3-5-15-13/h3-5,9-10,14H,6-8H2,1-2H3,(H,15,16). The molecule has 4 heteroatoms. The Hall–Kier alpha value is -1.39. The number of aromatic nitrogens is 2. The summed E-state index contributed by atoms with van der Waals surface area (Å²) in [5, 5.41) is 4.55. The van der Waals surface area contributed by atoms with Crippen molar-refractivity contribution in [3.63, 3.8) is 0 Å². The molecule has 0 aliphatic rings. The van der Waals surface area contributed by atoms with Crippen LogP contribution in [0.5, 0.6) is 0 Å². The van der Waals surface area contributed by atoms with Gasteiger partial charge in [0.15, 0.2) is 0 Å². The highest BCUT2D eigenvalue weighted by atomic mass is 16.5. The topological polar surface area (TPSA) is 49.9 Å². The quantitative estimate of drug-likeness (QED) is 0.751. The molecule has 0 saturated heterocycles. The molecule has 92 valence electrons. The van der Waals surface area contributed by atoms with Gasteiger partial charge < -0.3 is 15.0 Å². The maximum absolute atomic E-state index is 5.47. The molecule has 0 spiro atoms. The molecule has 2 rings (SSSR count). The molecule has 0 bridgehead atoms. The Morgan fingerprint density at radius 2 is 2.35 bits per heavy atom. The van der Waals surface area contributed by atoms with Crippen molar-refractivity contribution in [1.29, 1.82) is 0 Å². The van der Waals surface area contributed by atoms with Gasteiger partial charge in [0.2, 0.25) is 0 Å². The van der Waals surface area contributed by atoms with Crippen molar-refractivity contribution in [1.82, 2.24) is 15.3 Å². The molecule has 2 aromatic rings. The number of rotatable bonds is 6. The number of pyridine rings is 1. The van der Waals surface area contributed by atoms with Crippen LogP contribution < -0.4 is 5.32 Å². The van der Waals surface area contributed by atoms with Crippen molar-refractivity contribution in [2.45, 2.75) is 26.5 Å². The van der Waals surface area contributed by atoms with Gasteiger partial charge in [-0.05, 0) is 31.5 Å². The molecule has 2 aromatic heterocycles. The van der Waals surface area contributed by atoms with Crippen LogP contribution in [0.15, 0.2) is 24.5 Å². The van der Waals surface area contributed by atoms with Crippen LogP contribution in [0.1, 0.15) is 19.4 Å². The zero-order valence-corrected chi connectivity index (χ0v) is 10.4. The van der Waals surface area contributed by atoms with Crippen LogP contribution in [0.2, 0.25) is 0 Å². The third-order valence-electron chi connectivity index (χ3n) is 2.58. The first-order valence-corrected chi connectivity index (χ1v) is 6.00. The fourth-order valence-electron chi connectivity index (χ4n) is 1.75. The maximum Gasteiger partial charge on any atom is 0.137 e. The van der Waals surface area contributed by atoms with Gasteiger partial charge in [-0.15, -0.1) is 0 Å². The lowest BCUT2D eigenvalue weighted by Crippen LogP contribution is -2.20. The summed E-state index contributed by atoms with van der Waals surface area (Å²) in [5.41, 5.74) is 2.19. The molecule has 2 heterocycles. The van der Waals surface area contributed by atoms with E-state index in [2.05, 4.69) is 21.4 Å². The van der Waals surface area contributed by atoms with Gasteiger partial charge in [-0.1, -0.05) is 0 Å². The first-order chi connectivity index (χ1) is 8.27. The third kappa shape index (κ3) is 3.28. The molecular weight excluding hydrogens is 214 g/mol. The molecule has 4 nitrogen and oxygen atoms in total. The van der Waals surface area contributed by atoms with Crippen LogP contribution >= 0.6 is 0 Å². The second-order valence-corrected chi connectivity index (χ2v) is 4.31. The summed E-state index contributed by atoms with van der Waals surface area (Å²) >= 11 is 0. The Labute approximate surface area is 101 Å². The minimum atomic E-state index is 0.300. The van der Waals surface area contributed by atoms with Crippen LogP contribution in [0.25, 0.3) is 11.0 Å². The maximum atomic E-state index is 5.47. The van der Waals surface area contributed by atoms with E-state index in [0.29, 0.717) is 6.10 Å². The number of aromatic amines is 1. The van der Waals surface area contributed by atoms with Crippen molar-refractivity contribution in [3.8, 4) is 0 Å². The number of ether oxygens (including phenoxy) is 1. The summed E-state index contributed by atoms with van der Waals surface area (Å²) in [5.74, 6) is 0. The predicted octanol–water partition coefficient (Wildman–Crippen LogP) is 2.08. The zero-order valence-electron chi connectivity index (χ0n) is 10.4. The molecule has 0 atom stereocenters. The van der Waals surface area contributed by atoms with E-state index in [1.165, 1.54) is 10.9 Å². The summed E-state index contributed by atoms with van der Waals surface area (Å²) < 4.78 is 5.47. The van der Waals surface area contributed by atoms with Crippen LogP contribution in [0.4, 0.5) is 0 Å². The molecule has 0 amide bonds. The van der Waals surface area contributed by atoms with Crippen molar-refractivity contribution in [3.05, 3.63) is 30.1 Å². The summed E-state index contributed by atoms with van der Waals surface area (Å²) in [6.45, 7) is 6.55. The Bertz CT molecular complexity index is 464. The number of H-pyrrole nitrogens is 1. The van der Waals surface area contributed by atoms with E-state index in [1.54, 1.807) is 6.20 Å². The summed E-state index contributed by atoms with van der Waals surface area (Å²) in [6.07, 6.45) is 4.11. The molecule has 17 heavy (non-hydrogen) atoms. The minimum Gasteiger partial charge on any atom is -0.377 e. The van der Waals surface area contributed by atoms with Crippen molar-refractivity contribution >= 4 is 11.0 Å². The van der Waals surface area contributed by atoms with E-state index in [-0.39, 0.29) is 0 Å². The molecule has 0 aliphatic carbocycles. The van der Waals surface area contributed by atoms with E-state index >= 15 is 0 Å². The van der Waals surface area contributed by atoms with Gasteiger partial charge in [0.1, 0.15) is 5.65 Å². The number of nitrogens with one attached hydrogen (secondary N) is 2. The van der Waals surface area contributed by atoms with Gasteiger partial charge >= 0.3 is 0 Å². The number of hydrogen-bond acceptors (Lipinski definition) is 3. The Morgan fingerprint density at radius 1 is 1.47 bits per heavy atom. The SMILES string of the molecule is CC(C)OCCNCc1c[nH]c2ncccc12. The van der Waals surface area contributed by atoms with Gasteiger partial charge in [-0.25, -0.2) is 4.98 Å². The Balaban J connectivity index is 1.83. The van der Waals surface area contributed by atoms with Gasteiger partial charge in [0, 0.05) is 30.9 Å². The highest BCUT2D eigenvalue weighted by Gasteiger charge is 2.02. The average Bonchev–Trinajstić information content (AvgIpc) is 2.72. The molecule has 0 fully saturated rings. The molecule has 0 aliphatic heterocycles. The van der Waals surface area contributed by atoms with Crippen molar-refractivity contribution in [2.75, 3.05) is 13.2 Å².